The highest BCUT2D eigenvalue weighted by atomic mass is 16.3. The summed E-state index contributed by atoms with van der Waals surface area (Å²) in [4.78, 5) is 11.7. The zero-order valence-electron chi connectivity index (χ0n) is 12.1. The van der Waals surface area contributed by atoms with Crippen LogP contribution in [0.3, 0.4) is 0 Å². The third-order valence-corrected chi connectivity index (χ3v) is 4.01. The highest BCUT2D eigenvalue weighted by molar-refractivity contribution is 5.94. The lowest BCUT2D eigenvalue weighted by molar-refractivity contribution is 0.0945. The van der Waals surface area contributed by atoms with Crippen molar-refractivity contribution in [3.05, 3.63) is 29.8 Å². The van der Waals surface area contributed by atoms with Crippen LogP contribution in [0.1, 0.15) is 43.0 Å². The molecule has 20 heavy (non-hydrogen) atoms. The van der Waals surface area contributed by atoms with Crippen molar-refractivity contribution in [2.24, 2.45) is 5.92 Å². The maximum Gasteiger partial charge on any atom is 0.251 e. The number of aliphatic hydroxyl groups excluding tert-OH is 1. The minimum atomic E-state index is -0.142. The van der Waals surface area contributed by atoms with E-state index in [4.69, 9.17) is 5.11 Å². The number of carbonyl (C=O) groups is 1. The van der Waals surface area contributed by atoms with Gasteiger partial charge in [0.1, 0.15) is 0 Å². The first-order valence-corrected chi connectivity index (χ1v) is 7.46. The Labute approximate surface area is 120 Å². The fourth-order valence-electron chi connectivity index (χ4n) is 2.73. The second-order valence-electron chi connectivity index (χ2n) is 5.57. The maximum atomic E-state index is 11.7. The van der Waals surface area contributed by atoms with Crippen LogP contribution >= 0.6 is 0 Å². The highest BCUT2D eigenvalue weighted by Gasteiger charge is 2.20. The summed E-state index contributed by atoms with van der Waals surface area (Å²) in [5, 5.41) is 14.9. The maximum absolute atomic E-state index is 11.7. The van der Waals surface area contributed by atoms with Crippen molar-refractivity contribution in [1.29, 1.82) is 0 Å². The Hall–Kier alpha value is -1.55. The normalized spacial score (nSPS) is 22.3. The first-order valence-electron chi connectivity index (χ1n) is 7.46. The molecule has 2 unspecified atom stereocenters. The zero-order chi connectivity index (χ0) is 14.4. The van der Waals surface area contributed by atoms with Gasteiger partial charge in [-0.1, -0.05) is 19.8 Å². The molecule has 0 spiro atoms. The van der Waals surface area contributed by atoms with Gasteiger partial charge < -0.3 is 15.7 Å². The summed E-state index contributed by atoms with van der Waals surface area (Å²) in [6.45, 7) is 2.55. The molecular formula is C16H24N2O2. The molecule has 3 N–H and O–H groups in total. The molecule has 1 amide bonds. The lowest BCUT2D eigenvalue weighted by Crippen LogP contribution is -2.30. The summed E-state index contributed by atoms with van der Waals surface area (Å²) < 4.78 is 0. The molecule has 1 fully saturated rings. The van der Waals surface area contributed by atoms with Crippen molar-refractivity contribution in [3.8, 4) is 0 Å². The van der Waals surface area contributed by atoms with Crippen LogP contribution in [0.15, 0.2) is 24.3 Å². The number of anilines is 1. The highest BCUT2D eigenvalue weighted by Crippen LogP contribution is 2.26. The monoisotopic (exact) mass is 276 g/mol. The molecule has 2 atom stereocenters. The van der Waals surface area contributed by atoms with Gasteiger partial charge in [-0.15, -0.1) is 0 Å². The molecule has 0 heterocycles. The van der Waals surface area contributed by atoms with E-state index in [9.17, 15) is 4.79 Å². The van der Waals surface area contributed by atoms with Gasteiger partial charge in [-0.05, 0) is 43.0 Å². The van der Waals surface area contributed by atoms with E-state index in [0.29, 0.717) is 24.1 Å². The number of aliphatic hydroxyl groups is 1. The molecule has 1 aliphatic carbocycles. The molecule has 0 bridgehead atoms. The van der Waals surface area contributed by atoms with Crippen LogP contribution in [-0.2, 0) is 0 Å². The third kappa shape index (κ3) is 3.97. The number of rotatable bonds is 5. The molecular weight excluding hydrogens is 252 g/mol. The van der Waals surface area contributed by atoms with Crippen LogP contribution in [0, 0.1) is 5.92 Å². The quantitative estimate of drug-likeness (QED) is 0.774. The Kier molecular flexibility index (Phi) is 5.41. The van der Waals surface area contributed by atoms with Crippen molar-refractivity contribution in [1.82, 2.24) is 5.32 Å². The van der Waals surface area contributed by atoms with Gasteiger partial charge in [0, 0.05) is 23.8 Å². The largest absolute Gasteiger partial charge is 0.395 e. The molecule has 2 rings (SSSR count). The van der Waals surface area contributed by atoms with Gasteiger partial charge in [-0.25, -0.2) is 0 Å². The van der Waals surface area contributed by atoms with Gasteiger partial charge in [0.2, 0.25) is 0 Å². The second kappa shape index (κ2) is 7.29. The molecule has 1 aliphatic rings. The van der Waals surface area contributed by atoms with Crippen molar-refractivity contribution < 1.29 is 9.90 Å². The molecule has 4 nitrogen and oxygen atoms in total. The first-order chi connectivity index (χ1) is 9.70. The predicted molar refractivity (Wildman–Crippen MR) is 80.9 cm³/mol. The lowest BCUT2D eigenvalue weighted by atomic mass is 9.86. The van der Waals surface area contributed by atoms with Gasteiger partial charge in [0.25, 0.3) is 5.91 Å². The summed E-state index contributed by atoms with van der Waals surface area (Å²) in [6.07, 6.45) is 5.15. The summed E-state index contributed by atoms with van der Waals surface area (Å²) >= 11 is 0. The van der Waals surface area contributed by atoms with E-state index in [0.717, 1.165) is 5.69 Å². The van der Waals surface area contributed by atoms with E-state index >= 15 is 0 Å². The van der Waals surface area contributed by atoms with Crippen LogP contribution in [0.2, 0.25) is 0 Å². The summed E-state index contributed by atoms with van der Waals surface area (Å²) in [5.74, 6) is 0.563. The minimum absolute atomic E-state index is 0.0368. The molecule has 1 saturated carbocycles. The minimum Gasteiger partial charge on any atom is -0.395 e. The predicted octanol–water partition coefficient (Wildman–Crippen LogP) is 2.40. The Morgan fingerprint density at radius 1 is 1.25 bits per heavy atom. The molecule has 1 aromatic carbocycles. The Bertz CT molecular complexity index is 431. The number of amides is 1. The van der Waals surface area contributed by atoms with E-state index in [1.54, 1.807) is 0 Å². The van der Waals surface area contributed by atoms with Crippen LogP contribution in [0.4, 0.5) is 5.69 Å². The van der Waals surface area contributed by atoms with Crippen molar-refractivity contribution in [2.45, 2.75) is 38.6 Å². The average Bonchev–Trinajstić information content (AvgIpc) is 2.48. The van der Waals surface area contributed by atoms with Gasteiger partial charge in [-0.3, -0.25) is 4.79 Å². The van der Waals surface area contributed by atoms with Gasteiger partial charge in [-0.2, -0.15) is 0 Å². The van der Waals surface area contributed by atoms with Crippen LogP contribution in [0.25, 0.3) is 0 Å². The van der Waals surface area contributed by atoms with Crippen LogP contribution < -0.4 is 10.6 Å². The van der Waals surface area contributed by atoms with E-state index in [-0.39, 0.29) is 12.5 Å². The molecule has 1 aromatic rings. The Morgan fingerprint density at radius 2 is 1.95 bits per heavy atom. The first kappa shape index (κ1) is 14.9. The van der Waals surface area contributed by atoms with Gasteiger partial charge >= 0.3 is 0 Å². The average molecular weight is 276 g/mol. The number of nitrogens with one attached hydrogen (secondary N) is 2. The van der Waals surface area contributed by atoms with Crippen molar-refractivity contribution >= 4 is 11.6 Å². The molecule has 4 heteroatoms. The fourth-order valence-corrected chi connectivity index (χ4v) is 2.73. The summed E-state index contributed by atoms with van der Waals surface area (Å²) in [7, 11) is 0. The molecule has 0 radical (unpaired) electrons. The molecule has 110 valence electrons. The summed E-state index contributed by atoms with van der Waals surface area (Å²) in [6, 6.07) is 8.09. The second-order valence-corrected chi connectivity index (χ2v) is 5.57. The van der Waals surface area contributed by atoms with E-state index in [1.807, 2.05) is 24.3 Å². The summed E-state index contributed by atoms with van der Waals surface area (Å²) in [5.41, 5.74) is 1.70. The smallest absolute Gasteiger partial charge is 0.251 e. The van der Waals surface area contributed by atoms with Crippen molar-refractivity contribution in [2.75, 3.05) is 18.5 Å². The standard InChI is InChI=1S/C16H24N2O2/c1-12-4-2-3-5-15(12)18-14-8-6-13(7-9-14)16(20)17-10-11-19/h6-9,12,15,18-19H,2-5,10-11H2,1H3,(H,17,20). The molecule has 0 aliphatic heterocycles. The number of hydrogen-bond acceptors (Lipinski definition) is 3. The topological polar surface area (TPSA) is 61.4 Å². The van der Waals surface area contributed by atoms with E-state index in [1.165, 1.54) is 25.7 Å². The number of carbonyl (C=O) groups excluding carboxylic acids is 1. The van der Waals surface area contributed by atoms with Gasteiger partial charge in [0.15, 0.2) is 0 Å². The lowest BCUT2D eigenvalue weighted by Gasteiger charge is -2.30. The van der Waals surface area contributed by atoms with Crippen molar-refractivity contribution in [3.63, 3.8) is 0 Å². The number of benzene rings is 1. The third-order valence-electron chi connectivity index (χ3n) is 4.01. The SMILES string of the molecule is CC1CCCCC1Nc1ccc(C(=O)NCCO)cc1. The fraction of sp³-hybridized carbons (Fsp3) is 0.562. The van der Waals surface area contributed by atoms with E-state index < -0.39 is 0 Å². The van der Waals surface area contributed by atoms with Gasteiger partial charge in [0.05, 0.1) is 6.61 Å². The molecule has 0 saturated heterocycles. The Balaban J connectivity index is 1.92. The van der Waals surface area contributed by atoms with E-state index in [2.05, 4.69) is 17.6 Å². The molecule has 0 aromatic heterocycles. The number of hydrogen-bond donors (Lipinski definition) is 3. The Morgan fingerprint density at radius 3 is 2.60 bits per heavy atom. The van der Waals surface area contributed by atoms with Crippen LogP contribution in [-0.4, -0.2) is 30.2 Å². The zero-order valence-corrected chi connectivity index (χ0v) is 12.1. The van der Waals surface area contributed by atoms with Crippen LogP contribution in [0.5, 0.6) is 0 Å².